The molecule has 0 amide bonds. The molecule has 0 heterocycles. The lowest BCUT2D eigenvalue weighted by Crippen LogP contribution is -2.08. The number of carbonyl (C=O) groups is 2. The Morgan fingerprint density at radius 3 is 2.54 bits per heavy atom. The monoisotopic (exact) mass is 378 g/mol. The molecule has 0 aliphatic heterocycles. The second-order valence-electron chi connectivity index (χ2n) is 6.41. The summed E-state index contributed by atoms with van der Waals surface area (Å²) >= 11 is 0. The van der Waals surface area contributed by atoms with E-state index in [2.05, 4.69) is 13.2 Å². The van der Waals surface area contributed by atoms with Crippen LogP contribution in [0.15, 0.2) is 67.3 Å². The first kappa shape index (κ1) is 19.3. The van der Waals surface area contributed by atoms with E-state index in [-0.39, 0.29) is 18.0 Å². The molecule has 0 spiro atoms. The topological polar surface area (TPSA) is 52.6 Å². The second-order valence-corrected chi connectivity index (χ2v) is 6.41. The molecule has 0 aliphatic rings. The van der Waals surface area contributed by atoms with Crippen molar-refractivity contribution >= 4 is 33.5 Å². The number of rotatable bonds is 6. The third-order valence-corrected chi connectivity index (χ3v) is 4.30. The minimum absolute atomic E-state index is 0.197. The fourth-order valence-electron chi connectivity index (χ4n) is 2.89. The molecule has 0 fully saturated rings. The van der Waals surface area contributed by atoms with E-state index in [1.54, 1.807) is 31.2 Å². The molecule has 0 atom stereocenters. The third kappa shape index (κ3) is 4.09. The van der Waals surface area contributed by atoms with E-state index >= 15 is 0 Å². The number of fused-ring (bicyclic) bond motifs is 3. The summed E-state index contributed by atoms with van der Waals surface area (Å²) in [5.41, 5.74) is 1.14. The fraction of sp³-hybridized carbons (Fsp3) is 0.130. The molecular formula is C23H19FO4. The molecule has 3 rings (SSSR count). The SMILES string of the molecule is C=CC(=O)OCCc1ccc2c(c1)c(F)cc1cc(OC(=O)C(=C)C)ccc12. The molecule has 0 radical (unpaired) electrons. The van der Waals surface area contributed by atoms with Crippen LogP contribution < -0.4 is 4.74 Å². The lowest BCUT2D eigenvalue weighted by Gasteiger charge is -2.10. The summed E-state index contributed by atoms with van der Waals surface area (Å²) in [6, 6.07) is 12.0. The van der Waals surface area contributed by atoms with Gasteiger partial charge in [0.05, 0.1) is 6.61 Å². The predicted molar refractivity (Wildman–Crippen MR) is 107 cm³/mol. The van der Waals surface area contributed by atoms with Crippen molar-refractivity contribution < 1.29 is 23.5 Å². The number of hydrogen-bond acceptors (Lipinski definition) is 4. The van der Waals surface area contributed by atoms with Gasteiger partial charge in [0.1, 0.15) is 11.6 Å². The van der Waals surface area contributed by atoms with Crippen LogP contribution in [-0.2, 0) is 20.7 Å². The van der Waals surface area contributed by atoms with Crippen molar-refractivity contribution in [2.45, 2.75) is 13.3 Å². The van der Waals surface area contributed by atoms with Gasteiger partial charge in [-0.25, -0.2) is 14.0 Å². The number of ether oxygens (including phenoxy) is 2. The first-order valence-electron chi connectivity index (χ1n) is 8.71. The van der Waals surface area contributed by atoms with E-state index < -0.39 is 11.9 Å². The minimum Gasteiger partial charge on any atom is -0.462 e. The summed E-state index contributed by atoms with van der Waals surface area (Å²) in [4.78, 5) is 22.8. The molecule has 0 aromatic heterocycles. The van der Waals surface area contributed by atoms with Crippen molar-refractivity contribution in [1.82, 2.24) is 0 Å². The molecule has 0 bridgehead atoms. The van der Waals surface area contributed by atoms with E-state index in [1.165, 1.54) is 6.07 Å². The van der Waals surface area contributed by atoms with E-state index in [4.69, 9.17) is 9.47 Å². The summed E-state index contributed by atoms with van der Waals surface area (Å²) in [5.74, 6) is -1.06. The molecule has 0 aliphatic carbocycles. The predicted octanol–water partition coefficient (Wildman–Crippen LogP) is 4.89. The zero-order valence-electron chi connectivity index (χ0n) is 15.5. The van der Waals surface area contributed by atoms with Crippen molar-refractivity contribution in [2.24, 2.45) is 0 Å². The average molecular weight is 378 g/mol. The Labute approximate surface area is 161 Å². The van der Waals surface area contributed by atoms with Crippen LogP contribution >= 0.6 is 0 Å². The van der Waals surface area contributed by atoms with Gasteiger partial charge in [0.15, 0.2) is 0 Å². The second kappa shape index (κ2) is 8.05. The smallest absolute Gasteiger partial charge is 0.338 e. The van der Waals surface area contributed by atoms with Crippen LogP contribution in [-0.4, -0.2) is 18.5 Å². The van der Waals surface area contributed by atoms with Crippen LogP contribution in [0.25, 0.3) is 21.5 Å². The molecule has 0 unspecified atom stereocenters. The first-order chi connectivity index (χ1) is 13.4. The molecule has 0 N–H and O–H groups in total. The van der Waals surface area contributed by atoms with Crippen molar-refractivity contribution in [2.75, 3.05) is 6.61 Å². The summed E-state index contributed by atoms with van der Waals surface area (Å²) in [6.07, 6.45) is 1.58. The Morgan fingerprint density at radius 2 is 1.82 bits per heavy atom. The average Bonchev–Trinajstić information content (AvgIpc) is 2.67. The van der Waals surface area contributed by atoms with E-state index in [9.17, 15) is 14.0 Å². The van der Waals surface area contributed by atoms with Crippen LogP contribution in [0.2, 0.25) is 0 Å². The number of hydrogen-bond donors (Lipinski definition) is 0. The highest BCUT2D eigenvalue weighted by Gasteiger charge is 2.11. The van der Waals surface area contributed by atoms with Gasteiger partial charge in [0, 0.05) is 23.5 Å². The summed E-state index contributed by atoms with van der Waals surface area (Å²) < 4.78 is 24.9. The van der Waals surface area contributed by atoms with E-state index in [1.807, 2.05) is 12.1 Å². The Bertz CT molecular complexity index is 1110. The maximum atomic E-state index is 14.7. The van der Waals surface area contributed by atoms with Gasteiger partial charge in [-0.05, 0) is 52.9 Å². The van der Waals surface area contributed by atoms with Gasteiger partial charge in [0.2, 0.25) is 0 Å². The third-order valence-electron chi connectivity index (χ3n) is 4.30. The molecular weight excluding hydrogens is 359 g/mol. The van der Waals surface area contributed by atoms with Crippen LogP contribution in [0, 0.1) is 5.82 Å². The molecule has 3 aromatic rings. The van der Waals surface area contributed by atoms with Gasteiger partial charge in [-0.2, -0.15) is 0 Å². The van der Waals surface area contributed by atoms with Gasteiger partial charge in [-0.15, -0.1) is 0 Å². The van der Waals surface area contributed by atoms with Crippen LogP contribution in [0.4, 0.5) is 4.39 Å². The van der Waals surface area contributed by atoms with Crippen LogP contribution in [0.3, 0.4) is 0 Å². The van der Waals surface area contributed by atoms with Gasteiger partial charge in [0.25, 0.3) is 0 Å². The minimum atomic E-state index is -0.526. The van der Waals surface area contributed by atoms with Crippen molar-refractivity contribution in [3.05, 3.63) is 78.7 Å². The van der Waals surface area contributed by atoms with Crippen LogP contribution in [0.5, 0.6) is 5.75 Å². The highest BCUT2D eigenvalue weighted by Crippen LogP contribution is 2.31. The van der Waals surface area contributed by atoms with Crippen molar-refractivity contribution in [3.63, 3.8) is 0 Å². The number of esters is 2. The van der Waals surface area contributed by atoms with Gasteiger partial charge >= 0.3 is 11.9 Å². The number of carbonyl (C=O) groups excluding carboxylic acids is 2. The molecule has 0 saturated heterocycles. The Kier molecular flexibility index (Phi) is 5.54. The molecule has 0 saturated carbocycles. The molecule has 5 heteroatoms. The zero-order chi connectivity index (χ0) is 20.3. The Hall–Kier alpha value is -3.47. The quantitative estimate of drug-likeness (QED) is 0.265. The maximum Gasteiger partial charge on any atom is 0.338 e. The number of benzene rings is 3. The van der Waals surface area contributed by atoms with E-state index in [0.29, 0.717) is 22.9 Å². The maximum absolute atomic E-state index is 14.7. The first-order valence-corrected chi connectivity index (χ1v) is 8.71. The zero-order valence-corrected chi connectivity index (χ0v) is 15.5. The molecule has 4 nitrogen and oxygen atoms in total. The fourth-order valence-corrected chi connectivity index (χ4v) is 2.89. The van der Waals surface area contributed by atoms with Crippen molar-refractivity contribution in [1.29, 1.82) is 0 Å². The highest BCUT2D eigenvalue weighted by atomic mass is 19.1. The number of halogens is 1. The summed E-state index contributed by atoms with van der Waals surface area (Å²) in [5, 5.41) is 2.70. The normalized spacial score (nSPS) is 10.6. The molecule has 28 heavy (non-hydrogen) atoms. The summed E-state index contributed by atoms with van der Waals surface area (Å²) in [7, 11) is 0. The highest BCUT2D eigenvalue weighted by molar-refractivity contribution is 6.08. The molecule has 3 aromatic carbocycles. The van der Waals surface area contributed by atoms with Gasteiger partial charge in [-0.3, -0.25) is 0 Å². The Balaban J connectivity index is 1.93. The van der Waals surface area contributed by atoms with Crippen LogP contribution in [0.1, 0.15) is 12.5 Å². The Morgan fingerprint density at radius 1 is 1.07 bits per heavy atom. The molecule has 142 valence electrons. The van der Waals surface area contributed by atoms with Gasteiger partial charge < -0.3 is 9.47 Å². The lowest BCUT2D eigenvalue weighted by molar-refractivity contribution is -0.137. The standard InChI is InChI=1S/C23H19FO4/c1-4-22(25)27-10-9-15-5-7-19-18-8-6-17(28-23(26)14(2)3)12-16(18)13-21(24)20(19)11-15/h4-8,11-13H,1-2,9-10H2,3H3. The largest absolute Gasteiger partial charge is 0.462 e. The van der Waals surface area contributed by atoms with Gasteiger partial charge in [-0.1, -0.05) is 31.4 Å². The summed E-state index contributed by atoms with van der Waals surface area (Å²) in [6.45, 7) is 8.65. The van der Waals surface area contributed by atoms with Crippen molar-refractivity contribution in [3.8, 4) is 5.75 Å². The van der Waals surface area contributed by atoms with E-state index in [0.717, 1.165) is 22.4 Å². The lowest BCUT2D eigenvalue weighted by atomic mass is 9.98.